The first-order chi connectivity index (χ1) is 16.5. The van der Waals surface area contributed by atoms with E-state index < -0.39 is 0 Å². The number of amides is 2. The Morgan fingerprint density at radius 2 is 1.47 bits per heavy atom. The number of hydrogen-bond donors (Lipinski definition) is 1. The lowest BCUT2D eigenvalue weighted by Gasteiger charge is -2.34. The largest absolute Gasteiger partial charge is 0.497 e. The second-order valence-electron chi connectivity index (χ2n) is 7.92. The molecule has 1 aliphatic heterocycles. The molecular formula is C25H33N3O6. The van der Waals surface area contributed by atoms with Crippen LogP contribution in [0.2, 0.25) is 0 Å². The molecule has 2 aromatic carbocycles. The van der Waals surface area contributed by atoms with Crippen LogP contribution in [-0.4, -0.2) is 89.3 Å². The molecule has 0 aromatic heterocycles. The van der Waals surface area contributed by atoms with Crippen LogP contribution in [0.25, 0.3) is 0 Å². The number of ether oxygens (including phenoxy) is 4. The molecule has 0 spiro atoms. The summed E-state index contributed by atoms with van der Waals surface area (Å²) in [5, 5.41) is 2.70. The Balaban J connectivity index is 1.45. The van der Waals surface area contributed by atoms with Gasteiger partial charge < -0.3 is 29.2 Å². The zero-order chi connectivity index (χ0) is 24.5. The van der Waals surface area contributed by atoms with E-state index >= 15 is 0 Å². The van der Waals surface area contributed by atoms with Crippen molar-refractivity contribution in [3.63, 3.8) is 0 Å². The van der Waals surface area contributed by atoms with E-state index in [0.717, 1.165) is 31.8 Å². The Morgan fingerprint density at radius 1 is 0.853 bits per heavy atom. The number of methoxy groups -OCH3 is 4. The first-order valence-corrected chi connectivity index (χ1v) is 11.2. The Kier molecular flexibility index (Phi) is 8.98. The molecule has 34 heavy (non-hydrogen) atoms. The molecule has 9 nitrogen and oxygen atoms in total. The average molecular weight is 472 g/mol. The van der Waals surface area contributed by atoms with E-state index in [-0.39, 0.29) is 18.4 Å². The van der Waals surface area contributed by atoms with Gasteiger partial charge in [0.2, 0.25) is 11.7 Å². The number of nitrogens with one attached hydrogen (secondary N) is 1. The number of piperazine rings is 1. The lowest BCUT2D eigenvalue weighted by Crippen LogP contribution is -2.51. The van der Waals surface area contributed by atoms with Gasteiger partial charge in [0.15, 0.2) is 11.5 Å². The van der Waals surface area contributed by atoms with Gasteiger partial charge in [0, 0.05) is 38.3 Å². The smallest absolute Gasteiger partial charge is 0.251 e. The molecular weight excluding hydrogens is 438 g/mol. The Morgan fingerprint density at radius 3 is 2.00 bits per heavy atom. The summed E-state index contributed by atoms with van der Waals surface area (Å²) in [6.07, 6.45) is 0.947. The van der Waals surface area contributed by atoms with Gasteiger partial charge in [-0.15, -0.1) is 0 Å². The highest BCUT2D eigenvalue weighted by Crippen LogP contribution is 2.38. The molecule has 0 aliphatic carbocycles. The van der Waals surface area contributed by atoms with Crippen molar-refractivity contribution in [1.29, 1.82) is 0 Å². The summed E-state index contributed by atoms with van der Waals surface area (Å²) in [4.78, 5) is 29.4. The fourth-order valence-corrected chi connectivity index (χ4v) is 3.88. The van der Waals surface area contributed by atoms with Gasteiger partial charge >= 0.3 is 0 Å². The van der Waals surface area contributed by atoms with Gasteiger partial charge in [0.05, 0.1) is 35.0 Å². The van der Waals surface area contributed by atoms with E-state index in [2.05, 4.69) is 22.3 Å². The number of carbonyl (C=O) groups is 2. The molecule has 2 aromatic rings. The molecule has 9 heteroatoms. The van der Waals surface area contributed by atoms with Crippen LogP contribution >= 0.6 is 0 Å². The van der Waals surface area contributed by atoms with Crippen molar-refractivity contribution in [2.75, 3.05) is 67.7 Å². The van der Waals surface area contributed by atoms with Crippen LogP contribution in [0, 0.1) is 0 Å². The Hall–Kier alpha value is -3.46. The van der Waals surface area contributed by atoms with E-state index in [0.29, 0.717) is 35.9 Å². The molecule has 1 N–H and O–H groups in total. The third-order valence-electron chi connectivity index (χ3n) is 5.93. The van der Waals surface area contributed by atoms with Crippen LogP contribution in [0.5, 0.6) is 23.0 Å². The SMILES string of the molecule is COc1ccc(CCN2CCN(C(=O)CNC(=O)c3cc(OC)c(OC)c(OC)c3)CC2)cc1. The molecule has 2 amide bonds. The maximum atomic E-state index is 12.6. The summed E-state index contributed by atoms with van der Waals surface area (Å²) in [6.45, 7) is 3.77. The zero-order valence-corrected chi connectivity index (χ0v) is 20.3. The first-order valence-electron chi connectivity index (χ1n) is 11.2. The Bertz CT molecular complexity index is 946. The minimum Gasteiger partial charge on any atom is -0.497 e. The van der Waals surface area contributed by atoms with E-state index in [1.807, 2.05) is 12.1 Å². The molecule has 1 saturated heterocycles. The van der Waals surface area contributed by atoms with Crippen LogP contribution in [0.3, 0.4) is 0 Å². The van der Waals surface area contributed by atoms with Crippen molar-refractivity contribution < 1.29 is 28.5 Å². The molecule has 0 atom stereocenters. The van der Waals surface area contributed by atoms with Gasteiger partial charge in [-0.3, -0.25) is 14.5 Å². The molecule has 0 saturated carbocycles. The van der Waals surface area contributed by atoms with Crippen molar-refractivity contribution in [1.82, 2.24) is 15.1 Å². The highest BCUT2D eigenvalue weighted by atomic mass is 16.5. The second kappa shape index (κ2) is 12.1. The monoisotopic (exact) mass is 471 g/mol. The second-order valence-corrected chi connectivity index (χ2v) is 7.92. The molecule has 1 fully saturated rings. The summed E-state index contributed by atoms with van der Waals surface area (Å²) in [7, 11) is 6.13. The molecule has 0 radical (unpaired) electrons. The highest BCUT2D eigenvalue weighted by Gasteiger charge is 2.22. The summed E-state index contributed by atoms with van der Waals surface area (Å²) >= 11 is 0. The zero-order valence-electron chi connectivity index (χ0n) is 20.3. The summed E-state index contributed by atoms with van der Waals surface area (Å²) in [6, 6.07) is 11.2. The number of rotatable bonds is 10. The van der Waals surface area contributed by atoms with Gasteiger partial charge in [-0.2, -0.15) is 0 Å². The quantitative estimate of drug-likeness (QED) is 0.566. The fraction of sp³-hybridized carbons (Fsp3) is 0.440. The predicted octanol–water partition coefficient (Wildman–Crippen LogP) is 1.84. The lowest BCUT2D eigenvalue weighted by molar-refractivity contribution is -0.131. The molecule has 184 valence electrons. The van der Waals surface area contributed by atoms with Gasteiger partial charge in [0.1, 0.15) is 5.75 Å². The minimum absolute atomic E-state index is 0.0681. The number of carbonyl (C=O) groups excluding carboxylic acids is 2. The summed E-state index contributed by atoms with van der Waals surface area (Å²) in [5.74, 6) is 1.53. The number of hydrogen-bond acceptors (Lipinski definition) is 7. The molecule has 3 rings (SSSR count). The van der Waals surface area contributed by atoms with E-state index in [9.17, 15) is 9.59 Å². The third kappa shape index (κ3) is 6.32. The van der Waals surface area contributed by atoms with Crippen LogP contribution < -0.4 is 24.3 Å². The van der Waals surface area contributed by atoms with Crippen molar-refractivity contribution in [3.05, 3.63) is 47.5 Å². The van der Waals surface area contributed by atoms with Crippen LogP contribution in [0.1, 0.15) is 15.9 Å². The van der Waals surface area contributed by atoms with Crippen molar-refractivity contribution in [2.24, 2.45) is 0 Å². The van der Waals surface area contributed by atoms with Crippen molar-refractivity contribution in [2.45, 2.75) is 6.42 Å². The number of benzene rings is 2. The van der Waals surface area contributed by atoms with Gasteiger partial charge in [-0.25, -0.2) is 0 Å². The third-order valence-corrected chi connectivity index (χ3v) is 5.93. The normalized spacial score (nSPS) is 13.8. The first kappa shape index (κ1) is 25.2. The highest BCUT2D eigenvalue weighted by molar-refractivity contribution is 5.97. The van der Waals surface area contributed by atoms with E-state index in [1.54, 1.807) is 24.1 Å². The molecule has 1 heterocycles. The minimum atomic E-state index is -0.384. The molecule has 1 aliphatic rings. The fourth-order valence-electron chi connectivity index (χ4n) is 3.88. The molecule has 0 bridgehead atoms. The number of nitrogens with zero attached hydrogens (tertiary/aromatic N) is 2. The van der Waals surface area contributed by atoms with Crippen LogP contribution in [0.4, 0.5) is 0 Å². The van der Waals surface area contributed by atoms with Crippen LogP contribution in [-0.2, 0) is 11.2 Å². The van der Waals surface area contributed by atoms with E-state index in [4.69, 9.17) is 18.9 Å². The van der Waals surface area contributed by atoms with Crippen molar-refractivity contribution in [3.8, 4) is 23.0 Å². The van der Waals surface area contributed by atoms with Gasteiger partial charge in [-0.1, -0.05) is 12.1 Å². The predicted molar refractivity (Wildman–Crippen MR) is 128 cm³/mol. The van der Waals surface area contributed by atoms with Crippen LogP contribution in [0.15, 0.2) is 36.4 Å². The van der Waals surface area contributed by atoms with Crippen molar-refractivity contribution >= 4 is 11.8 Å². The maximum absolute atomic E-state index is 12.6. The lowest BCUT2D eigenvalue weighted by atomic mass is 10.1. The van der Waals surface area contributed by atoms with Gasteiger partial charge in [0.25, 0.3) is 5.91 Å². The Labute approximate surface area is 200 Å². The summed E-state index contributed by atoms with van der Waals surface area (Å²) < 4.78 is 21.1. The topological polar surface area (TPSA) is 89.6 Å². The summed E-state index contributed by atoms with van der Waals surface area (Å²) in [5.41, 5.74) is 1.58. The average Bonchev–Trinajstić information content (AvgIpc) is 2.89. The van der Waals surface area contributed by atoms with Gasteiger partial charge in [-0.05, 0) is 36.2 Å². The molecule has 0 unspecified atom stereocenters. The standard InChI is InChI=1S/C25H33N3O6/c1-31-20-7-5-18(6-8-20)9-10-27-11-13-28(14-12-27)23(29)17-26-25(30)19-15-21(32-2)24(34-4)22(16-19)33-3/h5-8,15-16H,9-14,17H2,1-4H3,(H,26,30). The maximum Gasteiger partial charge on any atom is 0.251 e. The van der Waals surface area contributed by atoms with E-state index in [1.165, 1.54) is 26.9 Å².